The fourth-order valence-corrected chi connectivity index (χ4v) is 4.93. The molecule has 0 bridgehead atoms. The molecule has 0 fully saturated rings. The molecule has 0 saturated heterocycles. The number of nitrogens with one attached hydrogen (secondary N) is 6. The van der Waals surface area contributed by atoms with Gasteiger partial charge in [0, 0.05) is 24.7 Å². The molecule has 0 aliphatic rings. The van der Waals surface area contributed by atoms with Crippen molar-refractivity contribution in [3.05, 3.63) is 54.1 Å². The Balaban J connectivity index is 2.15. The van der Waals surface area contributed by atoms with Gasteiger partial charge < -0.3 is 53.9 Å². The molecular formula is C30H42N10O9S. The lowest BCUT2D eigenvalue weighted by Gasteiger charge is -2.24. The molecule has 2 rings (SSSR count). The smallest absolute Gasteiger partial charge is 0.326 e. The Bertz CT molecular complexity index is 1490. The topological polar surface area (TPSA) is 324 Å². The number of rotatable bonds is 22. The SMILES string of the molecule is CSCC[C@H](NC(=O)CNC(=O)[C@H](Cc1ccccc1)NC(=O)[C@H](CC(N)=O)NC(=O)[C@@H](N)Cc1cnc[nH]1)C(=O)N[C@@H](CC(N)=O)C(=O)O. The third-order valence-electron chi connectivity index (χ3n) is 6.99. The summed E-state index contributed by atoms with van der Waals surface area (Å²) in [7, 11) is 0. The van der Waals surface area contributed by atoms with Gasteiger partial charge in [-0.05, 0) is 24.0 Å². The lowest BCUT2D eigenvalue weighted by Crippen LogP contribution is -2.58. The van der Waals surface area contributed by atoms with Gasteiger partial charge in [-0.15, -0.1) is 0 Å². The third kappa shape index (κ3) is 14.7. The molecule has 1 aromatic carbocycles. The molecule has 5 atom stereocenters. The number of carbonyl (C=O) groups is 8. The normalized spacial score (nSPS) is 13.7. The maximum absolute atomic E-state index is 13.4. The summed E-state index contributed by atoms with van der Waals surface area (Å²) in [6.07, 6.45) is 3.40. The Morgan fingerprint density at radius 2 is 1.40 bits per heavy atom. The second kappa shape index (κ2) is 20.8. The summed E-state index contributed by atoms with van der Waals surface area (Å²) in [6, 6.07) is 1.74. The quantitative estimate of drug-likeness (QED) is 0.0560. The predicted molar refractivity (Wildman–Crippen MR) is 179 cm³/mol. The third-order valence-corrected chi connectivity index (χ3v) is 7.63. The number of aromatic amines is 1. The highest BCUT2D eigenvalue weighted by Crippen LogP contribution is 2.07. The standard InChI is InChI=1S/C30H42N10O9S/c1-50-8-7-19(28(46)40-22(30(48)49)12-24(33)42)37-25(43)14-35-27(45)20(9-16-5-3-2-4-6-16)39-29(47)21(11-23(32)41)38-26(44)18(31)10-17-13-34-15-36-17/h2-6,13,15,18-22H,7-12,14,31H2,1H3,(H2,32,41)(H2,33,42)(H,34,36)(H,35,45)(H,37,43)(H,38,44)(H,39,47)(H,40,46)(H,48,49)/t18-,19-,20-,21-,22-/m0/s1. The van der Waals surface area contributed by atoms with Crippen LogP contribution in [0.15, 0.2) is 42.9 Å². The fraction of sp³-hybridized carbons (Fsp3) is 0.433. The highest BCUT2D eigenvalue weighted by atomic mass is 32.2. The zero-order valence-corrected chi connectivity index (χ0v) is 28.0. The van der Waals surface area contributed by atoms with Gasteiger partial charge in [-0.2, -0.15) is 11.8 Å². The van der Waals surface area contributed by atoms with Crippen LogP contribution >= 0.6 is 11.8 Å². The average Bonchev–Trinajstić information content (AvgIpc) is 3.57. The van der Waals surface area contributed by atoms with Crippen LogP contribution in [0.4, 0.5) is 0 Å². The van der Waals surface area contributed by atoms with Crippen LogP contribution in [0, 0.1) is 0 Å². The van der Waals surface area contributed by atoms with E-state index in [9.17, 15) is 43.5 Å². The van der Waals surface area contributed by atoms with Gasteiger partial charge in [0.1, 0.15) is 24.2 Å². The molecule has 0 aliphatic heterocycles. The number of aliphatic carboxylic acids is 1. The van der Waals surface area contributed by atoms with Gasteiger partial charge in [-0.1, -0.05) is 30.3 Å². The Morgan fingerprint density at radius 3 is 1.98 bits per heavy atom. The first-order valence-corrected chi connectivity index (χ1v) is 16.6. The summed E-state index contributed by atoms with van der Waals surface area (Å²) in [5.41, 5.74) is 17.5. The molecule has 1 heterocycles. The number of carboxylic acids is 1. The number of aromatic nitrogens is 2. The minimum absolute atomic E-state index is 0.0468. The first kappa shape index (κ1) is 40.7. The number of thioether (sulfide) groups is 1. The van der Waals surface area contributed by atoms with Crippen molar-refractivity contribution in [2.45, 2.75) is 62.3 Å². The minimum Gasteiger partial charge on any atom is -0.480 e. The molecule has 2 aromatic rings. The number of nitrogens with two attached hydrogens (primary N) is 3. The van der Waals surface area contributed by atoms with E-state index in [4.69, 9.17) is 17.2 Å². The fourth-order valence-electron chi connectivity index (χ4n) is 4.46. The first-order valence-electron chi connectivity index (χ1n) is 15.2. The number of H-pyrrole nitrogens is 1. The number of benzene rings is 1. The minimum atomic E-state index is -1.62. The zero-order chi connectivity index (χ0) is 37.2. The van der Waals surface area contributed by atoms with E-state index < -0.39 is 96.9 Å². The molecule has 0 spiro atoms. The van der Waals surface area contributed by atoms with Crippen molar-refractivity contribution in [1.82, 2.24) is 36.6 Å². The van der Waals surface area contributed by atoms with E-state index in [-0.39, 0.29) is 19.3 Å². The highest BCUT2D eigenvalue weighted by Gasteiger charge is 2.31. The number of hydrogen-bond donors (Lipinski definition) is 10. The second-order valence-electron chi connectivity index (χ2n) is 11.1. The lowest BCUT2D eigenvalue weighted by molar-refractivity contribution is -0.143. The van der Waals surface area contributed by atoms with E-state index in [2.05, 4.69) is 36.6 Å². The number of primary amides is 2. The largest absolute Gasteiger partial charge is 0.480 e. The molecule has 0 saturated carbocycles. The number of carboxylic acid groups (broad SMARTS) is 1. The van der Waals surface area contributed by atoms with Crippen molar-refractivity contribution in [3.63, 3.8) is 0 Å². The summed E-state index contributed by atoms with van der Waals surface area (Å²) in [6.45, 7) is -0.656. The van der Waals surface area contributed by atoms with Crippen LogP contribution in [-0.4, -0.2) is 111 Å². The number of carbonyl (C=O) groups excluding carboxylic acids is 7. The molecule has 20 heteroatoms. The van der Waals surface area contributed by atoms with Crippen molar-refractivity contribution >= 4 is 59.1 Å². The van der Waals surface area contributed by atoms with E-state index in [0.717, 1.165) is 0 Å². The molecular weight excluding hydrogens is 676 g/mol. The number of imidazole rings is 1. The maximum atomic E-state index is 13.4. The highest BCUT2D eigenvalue weighted by molar-refractivity contribution is 7.98. The molecule has 7 amide bonds. The lowest BCUT2D eigenvalue weighted by atomic mass is 10.0. The predicted octanol–water partition coefficient (Wildman–Crippen LogP) is -3.83. The van der Waals surface area contributed by atoms with Crippen LogP contribution in [-0.2, 0) is 51.2 Å². The van der Waals surface area contributed by atoms with Gasteiger partial charge in [-0.3, -0.25) is 33.6 Å². The van der Waals surface area contributed by atoms with Gasteiger partial charge in [0.05, 0.1) is 31.8 Å². The van der Waals surface area contributed by atoms with Crippen molar-refractivity contribution in [3.8, 4) is 0 Å². The summed E-state index contributed by atoms with van der Waals surface area (Å²) < 4.78 is 0. The van der Waals surface area contributed by atoms with Crippen molar-refractivity contribution < 1.29 is 43.5 Å². The first-order chi connectivity index (χ1) is 23.7. The van der Waals surface area contributed by atoms with E-state index in [0.29, 0.717) is 17.0 Å². The molecule has 50 heavy (non-hydrogen) atoms. The molecule has 0 unspecified atom stereocenters. The second-order valence-corrected chi connectivity index (χ2v) is 12.0. The Hall–Kier alpha value is -5.50. The monoisotopic (exact) mass is 718 g/mol. The van der Waals surface area contributed by atoms with Crippen molar-refractivity contribution in [1.29, 1.82) is 0 Å². The summed E-state index contributed by atoms with van der Waals surface area (Å²) in [5.74, 6) is -7.21. The molecule has 272 valence electrons. The summed E-state index contributed by atoms with van der Waals surface area (Å²) in [4.78, 5) is 106. The van der Waals surface area contributed by atoms with Crippen molar-refractivity contribution in [2.24, 2.45) is 17.2 Å². The van der Waals surface area contributed by atoms with Gasteiger partial charge in [0.15, 0.2) is 0 Å². The number of nitrogens with zero attached hydrogens (tertiary/aromatic N) is 1. The average molecular weight is 719 g/mol. The Labute approximate surface area is 291 Å². The van der Waals surface area contributed by atoms with Gasteiger partial charge in [-0.25, -0.2) is 9.78 Å². The van der Waals surface area contributed by atoms with E-state index in [1.807, 2.05) is 0 Å². The van der Waals surface area contributed by atoms with E-state index >= 15 is 0 Å². The van der Waals surface area contributed by atoms with E-state index in [1.165, 1.54) is 24.3 Å². The van der Waals surface area contributed by atoms with Crippen LogP contribution in [0.3, 0.4) is 0 Å². The molecule has 0 aliphatic carbocycles. The van der Waals surface area contributed by atoms with Gasteiger partial charge in [0.25, 0.3) is 0 Å². The Morgan fingerprint density at radius 1 is 0.800 bits per heavy atom. The molecule has 1 aromatic heterocycles. The summed E-state index contributed by atoms with van der Waals surface area (Å²) >= 11 is 1.35. The van der Waals surface area contributed by atoms with Crippen LogP contribution in [0.1, 0.15) is 30.5 Å². The zero-order valence-electron chi connectivity index (χ0n) is 27.2. The van der Waals surface area contributed by atoms with E-state index in [1.54, 1.807) is 36.6 Å². The van der Waals surface area contributed by atoms with Crippen molar-refractivity contribution in [2.75, 3.05) is 18.6 Å². The van der Waals surface area contributed by atoms with Crippen LogP contribution in [0.2, 0.25) is 0 Å². The number of hydrogen-bond acceptors (Lipinski definition) is 11. The maximum Gasteiger partial charge on any atom is 0.326 e. The Kier molecular flexibility index (Phi) is 16.9. The van der Waals surface area contributed by atoms with Gasteiger partial charge >= 0.3 is 5.97 Å². The van der Waals surface area contributed by atoms with Crippen LogP contribution < -0.4 is 43.8 Å². The van der Waals surface area contributed by atoms with Gasteiger partial charge in [0.2, 0.25) is 41.4 Å². The number of amides is 7. The summed E-state index contributed by atoms with van der Waals surface area (Å²) in [5, 5.41) is 21.2. The molecule has 19 nitrogen and oxygen atoms in total. The van der Waals surface area contributed by atoms with Crippen LogP contribution in [0.5, 0.6) is 0 Å². The molecule has 13 N–H and O–H groups in total. The van der Waals surface area contributed by atoms with Crippen LogP contribution in [0.25, 0.3) is 0 Å². The molecule has 0 radical (unpaired) electrons.